The van der Waals surface area contributed by atoms with Gasteiger partial charge >= 0.3 is 0 Å². The Morgan fingerprint density at radius 3 is 0.600 bits per heavy atom. The van der Waals surface area contributed by atoms with Crippen molar-refractivity contribution in [2.75, 3.05) is 0 Å². The zero-order chi connectivity index (χ0) is 0. The molecule has 0 saturated carbocycles. The van der Waals surface area contributed by atoms with Gasteiger partial charge in [0.25, 0.3) is 0 Å². The first-order chi connectivity index (χ1) is 0. The van der Waals surface area contributed by atoms with Crippen molar-refractivity contribution in [3.05, 3.63) is 0 Å². The maximum Gasteiger partial charge on any atom is 0 e. The molecule has 5 heteroatoms. The third-order valence-corrected chi connectivity index (χ3v) is 0. The predicted molar refractivity (Wildman–Crippen MR) is 19.5 cm³/mol. The van der Waals surface area contributed by atoms with E-state index in [0.29, 0.717) is 0 Å². The van der Waals surface area contributed by atoms with E-state index in [1.54, 1.807) is 0 Å². The van der Waals surface area contributed by atoms with Crippen molar-refractivity contribution in [3.8, 4) is 0 Å². The van der Waals surface area contributed by atoms with Crippen LogP contribution in [0.5, 0.6) is 0 Å². The molecule has 0 spiro atoms. The Balaban J connectivity index is 0. The second-order valence-corrected chi connectivity index (χ2v) is 0. The molecular weight excluding hydrogens is 200 g/mol. The summed E-state index contributed by atoms with van der Waals surface area (Å²) in [5.74, 6) is 0. The zero-order valence-corrected chi connectivity index (χ0v) is 6.22. The van der Waals surface area contributed by atoms with Crippen molar-refractivity contribution in [3.63, 3.8) is 0 Å². The van der Waals surface area contributed by atoms with Crippen molar-refractivity contribution >= 4 is 24.8 Å². The van der Waals surface area contributed by atoms with Crippen molar-refractivity contribution in [2.24, 2.45) is 0 Å². The summed E-state index contributed by atoms with van der Waals surface area (Å²) >= 11 is 0. The summed E-state index contributed by atoms with van der Waals surface area (Å²) in [5.41, 5.74) is 0. The molecule has 36 valence electrons. The van der Waals surface area contributed by atoms with Crippen LogP contribution in [0.15, 0.2) is 0 Å². The molecule has 0 radical (unpaired) electrons. The summed E-state index contributed by atoms with van der Waals surface area (Å²) in [5, 5.41) is 0. The van der Waals surface area contributed by atoms with Gasteiger partial charge in [0.05, 0.1) is 0 Å². The molecule has 0 bridgehead atoms. The van der Waals surface area contributed by atoms with Crippen LogP contribution >= 0.6 is 24.8 Å². The van der Waals surface area contributed by atoms with Crippen LogP contribution in [-0.4, -0.2) is 0 Å². The molecule has 0 amide bonds. The minimum atomic E-state index is 0. The van der Waals surface area contributed by atoms with E-state index in [4.69, 9.17) is 0 Å². The van der Waals surface area contributed by atoms with E-state index in [-0.39, 0.29) is 60.4 Å². The molecule has 0 aromatic heterocycles. The predicted octanol–water partition coefficient (Wildman–Crippen LogP) is 1.15. The molecule has 0 fully saturated rings. The summed E-state index contributed by atoms with van der Waals surface area (Å²) in [7, 11) is 0. The molecule has 0 saturated heterocycles. The fourth-order valence-corrected chi connectivity index (χ4v) is 0. The molecule has 0 aromatic carbocycles. The standard InChI is InChI=1S/2ClH.2FH.Zr/h4*1H;. The van der Waals surface area contributed by atoms with Gasteiger partial charge in [-0.1, -0.05) is 0 Å². The second-order valence-electron chi connectivity index (χ2n) is 0. The van der Waals surface area contributed by atoms with Crippen LogP contribution in [0.4, 0.5) is 9.41 Å². The third kappa shape index (κ3) is 33.6. The van der Waals surface area contributed by atoms with Gasteiger partial charge in [0.15, 0.2) is 0 Å². The van der Waals surface area contributed by atoms with Crippen LogP contribution < -0.4 is 0 Å². The van der Waals surface area contributed by atoms with Crippen LogP contribution in [0.2, 0.25) is 0 Å². The van der Waals surface area contributed by atoms with E-state index >= 15 is 0 Å². The Hall–Kier alpha value is 1.32. The maximum absolute atomic E-state index is 0. The van der Waals surface area contributed by atoms with Crippen molar-refractivity contribution < 1.29 is 35.6 Å². The average Bonchev–Trinajstić information content (AvgIpc) is 0. The SMILES string of the molecule is Cl.Cl.F.F.[Zr]. The third-order valence-electron chi connectivity index (χ3n) is 0. The fraction of sp³-hybridized carbons (Fsp3) is 0. The molecule has 0 atom stereocenters. The van der Waals surface area contributed by atoms with Gasteiger partial charge in [0.2, 0.25) is 0 Å². The zero-order valence-electron chi connectivity index (χ0n) is 2.13. The van der Waals surface area contributed by atoms with Gasteiger partial charge in [0, 0.05) is 26.2 Å². The van der Waals surface area contributed by atoms with E-state index in [1.165, 1.54) is 0 Å². The molecule has 0 nitrogen and oxygen atoms in total. The number of rotatable bonds is 0. The maximum atomic E-state index is 0. The fourth-order valence-electron chi connectivity index (χ4n) is 0. The monoisotopic (exact) mass is 202 g/mol. The Labute approximate surface area is 60.4 Å². The van der Waals surface area contributed by atoms with Gasteiger partial charge in [-0.05, 0) is 0 Å². The van der Waals surface area contributed by atoms with E-state index in [0.717, 1.165) is 0 Å². The van der Waals surface area contributed by atoms with Gasteiger partial charge < -0.3 is 0 Å². The summed E-state index contributed by atoms with van der Waals surface area (Å²) in [6.07, 6.45) is 0. The van der Waals surface area contributed by atoms with Gasteiger partial charge in [-0.2, -0.15) is 0 Å². The molecular formula is H4Cl2F2Zr. The van der Waals surface area contributed by atoms with Crippen LogP contribution in [-0.2, 0) is 26.2 Å². The Morgan fingerprint density at radius 2 is 0.600 bits per heavy atom. The van der Waals surface area contributed by atoms with E-state index < -0.39 is 0 Å². The summed E-state index contributed by atoms with van der Waals surface area (Å²) in [6.45, 7) is 0. The van der Waals surface area contributed by atoms with Crippen molar-refractivity contribution in [1.82, 2.24) is 0 Å². The van der Waals surface area contributed by atoms with Gasteiger partial charge in [0.1, 0.15) is 0 Å². The van der Waals surface area contributed by atoms with Gasteiger partial charge in [-0.15, -0.1) is 24.8 Å². The van der Waals surface area contributed by atoms with Gasteiger partial charge in [-0.3, -0.25) is 9.41 Å². The van der Waals surface area contributed by atoms with Crippen LogP contribution in [0.3, 0.4) is 0 Å². The number of halogens is 4. The quantitative estimate of drug-likeness (QED) is 0.555. The van der Waals surface area contributed by atoms with Crippen LogP contribution in [0.25, 0.3) is 0 Å². The number of hydrogen-bond acceptors (Lipinski definition) is 0. The molecule has 0 heterocycles. The number of hydrogen-bond donors (Lipinski definition) is 0. The van der Waals surface area contributed by atoms with Gasteiger partial charge in [-0.25, -0.2) is 0 Å². The van der Waals surface area contributed by atoms with E-state index in [1.807, 2.05) is 0 Å². The van der Waals surface area contributed by atoms with E-state index in [2.05, 4.69) is 0 Å². The molecule has 0 aliphatic heterocycles. The normalized spacial score (nSPS) is 0. The smallest absolute Gasteiger partial charge is 0 e. The van der Waals surface area contributed by atoms with Crippen molar-refractivity contribution in [2.45, 2.75) is 0 Å². The first-order valence-electron chi connectivity index (χ1n) is 0. The first kappa shape index (κ1) is 102. The van der Waals surface area contributed by atoms with Crippen molar-refractivity contribution in [1.29, 1.82) is 0 Å². The molecule has 0 unspecified atom stereocenters. The minimum absolute atomic E-state index is 0. The van der Waals surface area contributed by atoms with E-state index in [9.17, 15) is 0 Å². The first-order valence-corrected chi connectivity index (χ1v) is 0. The molecule has 5 heavy (non-hydrogen) atoms. The molecule has 0 rings (SSSR count). The topological polar surface area (TPSA) is 0 Å². The second kappa shape index (κ2) is 56.8. The minimum Gasteiger partial charge on any atom is -0.269 e. The Morgan fingerprint density at radius 1 is 0.600 bits per heavy atom. The van der Waals surface area contributed by atoms with Crippen LogP contribution in [0, 0.1) is 0 Å². The summed E-state index contributed by atoms with van der Waals surface area (Å²) in [4.78, 5) is 0. The average molecular weight is 204 g/mol. The summed E-state index contributed by atoms with van der Waals surface area (Å²) in [6, 6.07) is 0. The molecule has 0 aliphatic carbocycles. The Kier molecular flexibility index (Phi) is 1160. The molecule has 0 N–H and O–H groups in total. The largest absolute Gasteiger partial charge is 0.269 e. The Bertz CT molecular complexity index is 7.61. The molecule has 0 aliphatic rings. The summed E-state index contributed by atoms with van der Waals surface area (Å²) < 4.78 is 0. The van der Waals surface area contributed by atoms with Crippen LogP contribution in [0.1, 0.15) is 0 Å². The molecule has 0 aromatic rings.